The Morgan fingerprint density at radius 1 is 1.50 bits per heavy atom. The van der Waals surface area contributed by atoms with E-state index in [0.29, 0.717) is 23.9 Å². The number of halogens is 1. The molecule has 1 N–H and O–H groups in total. The summed E-state index contributed by atoms with van der Waals surface area (Å²) in [6.45, 7) is 2.08. The first kappa shape index (κ1) is 13.6. The fourth-order valence-corrected chi connectivity index (χ4v) is 2.14. The van der Waals surface area contributed by atoms with Crippen LogP contribution in [0.5, 0.6) is 5.75 Å². The number of rotatable bonds is 5. The van der Waals surface area contributed by atoms with Gasteiger partial charge in [0, 0.05) is 13.2 Å². The van der Waals surface area contributed by atoms with Crippen LogP contribution in [0.15, 0.2) is 18.2 Å². The normalized spacial score (nSPS) is 19.8. The van der Waals surface area contributed by atoms with Gasteiger partial charge in [-0.15, -0.1) is 0 Å². The van der Waals surface area contributed by atoms with Gasteiger partial charge >= 0.3 is 0 Å². The van der Waals surface area contributed by atoms with Crippen molar-refractivity contribution < 1.29 is 14.3 Å². The molecule has 0 radical (unpaired) electrons. The highest BCUT2D eigenvalue weighted by Crippen LogP contribution is 2.27. The molecule has 0 amide bonds. The molecule has 1 atom stereocenters. The average Bonchev–Trinajstić information content (AvgIpc) is 2.40. The van der Waals surface area contributed by atoms with Gasteiger partial charge in [0.05, 0.1) is 18.7 Å². The first-order valence-corrected chi connectivity index (χ1v) is 6.46. The number of hydrogen-bond acceptors (Lipinski definition) is 4. The van der Waals surface area contributed by atoms with Crippen LogP contribution >= 0.6 is 11.6 Å². The SMILES string of the molecule is CONCc1ccc(OC2CCCOC2)c(Cl)c1. The van der Waals surface area contributed by atoms with Gasteiger partial charge in [0.1, 0.15) is 11.9 Å². The third-order valence-electron chi connectivity index (χ3n) is 2.83. The Hall–Kier alpha value is -0.810. The van der Waals surface area contributed by atoms with E-state index in [0.717, 1.165) is 25.0 Å². The van der Waals surface area contributed by atoms with Crippen molar-refractivity contribution in [3.05, 3.63) is 28.8 Å². The highest BCUT2D eigenvalue weighted by Gasteiger charge is 2.16. The van der Waals surface area contributed by atoms with Crippen molar-refractivity contribution in [2.75, 3.05) is 20.3 Å². The fourth-order valence-electron chi connectivity index (χ4n) is 1.89. The summed E-state index contributed by atoms with van der Waals surface area (Å²) in [5.74, 6) is 0.716. The predicted molar refractivity (Wildman–Crippen MR) is 69.8 cm³/mol. The molecule has 1 saturated heterocycles. The van der Waals surface area contributed by atoms with E-state index in [9.17, 15) is 0 Å². The van der Waals surface area contributed by atoms with E-state index >= 15 is 0 Å². The molecule has 0 aliphatic carbocycles. The molecular formula is C13H18ClNO3. The second kappa shape index (κ2) is 6.95. The molecule has 0 saturated carbocycles. The molecule has 0 aromatic heterocycles. The summed E-state index contributed by atoms with van der Waals surface area (Å²) in [4.78, 5) is 4.80. The number of benzene rings is 1. The van der Waals surface area contributed by atoms with Crippen LogP contribution in [-0.4, -0.2) is 26.4 Å². The van der Waals surface area contributed by atoms with Crippen LogP contribution in [0.1, 0.15) is 18.4 Å². The number of nitrogens with one attached hydrogen (secondary N) is 1. The zero-order chi connectivity index (χ0) is 12.8. The Kier molecular flexibility index (Phi) is 5.26. The Morgan fingerprint density at radius 2 is 2.39 bits per heavy atom. The molecule has 1 fully saturated rings. The van der Waals surface area contributed by atoms with Gasteiger partial charge < -0.3 is 14.3 Å². The molecule has 5 heteroatoms. The smallest absolute Gasteiger partial charge is 0.138 e. The Balaban J connectivity index is 1.95. The Morgan fingerprint density at radius 3 is 3.06 bits per heavy atom. The Labute approximate surface area is 112 Å². The molecule has 1 aliphatic rings. The maximum absolute atomic E-state index is 6.19. The second-order valence-electron chi connectivity index (χ2n) is 4.25. The summed E-state index contributed by atoms with van der Waals surface area (Å²) in [6, 6.07) is 5.74. The van der Waals surface area contributed by atoms with Crippen molar-refractivity contribution in [2.45, 2.75) is 25.5 Å². The van der Waals surface area contributed by atoms with Crippen molar-refractivity contribution in [3.63, 3.8) is 0 Å². The highest BCUT2D eigenvalue weighted by molar-refractivity contribution is 6.32. The first-order valence-electron chi connectivity index (χ1n) is 6.08. The van der Waals surface area contributed by atoms with E-state index in [1.807, 2.05) is 18.2 Å². The van der Waals surface area contributed by atoms with Crippen molar-refractivity contribution in [1.82, 2.24) is 5.48 Å². The number of ether oxygens (including phenoxy) is 2. The summed E-state index contributed by atoms with van der Waals surface area (Å²) < 4.78 is 11.2. The van der Waals surface area contributed by atoms with Crippen molar-refractivity contribution in [1.29, 1.82) is 0 Å². The average molecular weight is 272 g/mol. The highest BCUT2D eigenvalue weighted by atomic mass is 35.5. The van der Waals surface area contributed by atoms with E-state index in [1.165, 1.54) is 0 Å². The van der Waals surface area contributed by atoms with E-state index in [2.05, 4.69) is 5.48 Å². The van der Waals surface area contributed by atoms with E-state index in [4.69, 9.17) is 25.9 Å². The van der Waals surface area contributed by atoms with Crippen molar-refractivity contribution in [3.8, 4) is 5.75 Å². The summed E-state index contributed by atoms with van der Waals surface area (Å²) in [5, 5.41) is 0.621. The molecular weight excluding hydrogens is 254 g/mol. The van der Waals surface area contributed by atoms with Gasteiger partial charge in [-0.05, 0) is 30.5 Å². The molecule has 2 rings (SSSR count). The van der Waals surface area contributed by atoms with Crippen LogP contribution < -0.4 is 10.2 Å². The van der Waals surface area contributed by atoms with E-state index in [1.54, 1.807) is 7.11 Å². The largest absolute Gasteiger partial charge is 0.486 e. The van der Waals surface area contributed by atoms with Gasteiger partial charge in [0.2, 0.25) is 0 Å². The van der Waals surface area contributed by atoms with E-state index < -0.39 is 0 Å². The Bertz CT molecular complexity index is 380. The monoisotopic (exact) mass is 271 g/mol. The molecule has 100 valence electrons. The zero-order valence-corrected chi connectivity index (χ0v) is 11.2. The lowest BCUT2D eigenvalue weighted by Gasteiger charge is -2.23. The summed E-state index contributed by atoms with van der Waals surface area (Å²) in [6.07, 6.45) is 2.17. The molecule has 1 aromatic rings. The molecule has 0 bridgehead atoms. The summed E-state index contributed by atoms with van der Waals surface area (Å²) in [5.41, 5.74) is 3.82. The topological polar surface area (TPSA) is 39.7 Å². The maximum Gasteiger partial charge on any atom is 0.138 e. The number of hydrogen-bond donors (Lipinski definition) is 1. The summed E-state index contributed by atoms with van der Waals surface area (Å²) >= 11 is 6.19. The van der Waals surface area contributed by atoms with Gasteiger partial charge in [-0.1, -0.05) is 17.7 Å². The van der Waals surface area contributed by atoms with Crippen molar-refractivity contribution in [2.24, 2.45) is 0 Å². The standard InChI is InChI=1S/C13H18ClNO3/c1-16-15-8-10-4-5-13(12(14)7-10)18-11-3-2-6-17-9-11/h4-5,7,11,15H,2-3,6,8-9H2,1H3. The van der Waals surface area contributed by atoms with Crippen molar-refractivity contribution >= 4 is 11.6 Å². The lowest BCUT2D eigenvalue weighted by atomic mass is 10.1. The zero-order valence-electron chi connectivity index (χ0n) is 10.4. The van der Waals surface area contributed by atoms with Crippen LogP contribution in [0.4, 0.5) is 0 Å². The third-order valence-corrected chi connectivity index (χ3v) is 3.12. The molecule has 4 nitrogen and oxygen atoms in total. The van der Waals surface area contributed by atoms with Gasteiger partial charge in [-0.3, -0.25) is 0 Å². The van der Waals surface area contributed by atoms with Gasteiger partial charge in [0.15, 0.2) is 0 Å². The molecule has 1 aromatic carbocycles. The minimum atomic E-state index is 0.110. The van der Waals surface area contributed by atoms with Crippen LogP contribution in [-0.2, 0) is 16.1 Å². The van der Waals surface area contributed by atoms with Crippen LogP contribution in [0.25, 0.3) is 0 Å². The lowest BCUT2D eigenvalue weighted by Crippen LogP contribution is -2.28. The minimum Gasteiger partial charge on any atom is -0.486 e. The fraction of sp³-hybridized carbons (Fsp3) is 0.538. The summed E-state index contributed by atoms with van der Waals surface area (Å²) in [7, 11) is 1.59. The lowest BCUT2D eigenvalue weighted by molar-refractivity contribution is 0.00746. The quantitative estimate of drug-likeness (QED) is 0.836. The third kappa shape index (κ3) is 3.85. The minimum absolute atomic E-state index is 0.110. The second-order valence-corrected chi connectivity index (χ2v) is 4.65. The van der Waals surface area contributed by atoms with Gasteiger partial charge in [-0.2, -0.15) is 5.48 Å². The van der Waals surface area contributed by atoms with Gasteiger partial charge in [-0.25, -0.2) is 0 Å². The molecule has 1 unspecified atom stereocenters. The van der Waals surface area contributed by atoms with E-state index in [-0.39, 0.29) is 6.10 Å². The van der Waals surface area contributed by atoms with Crippen LogP contribution in [0.3, 0.4) is 0 Å². The molecule has 0 spiro atoms. The maximum atomic E-state index is 6.19. The molecule has 18 heavy (non-hydrogen) atoms. The van der Waals surface area contributed by atoms with Crippen LogP contribution in [0, 0.1) is 0 Å². The van der Waals surface area contributed by atoms with Crippen LogP contribution in [0.2, 0.25) is 5.02 Å². The van der Waals surface area contributed by atoms with Gasteiger partial charge in [0.25, 0.3) is 0 Å². The molecule has 1 heterocycles. The number of hydroxylamine groups is 1. The predicted octanol–water partition coefficient (Wildman–Crippen LogP) is 2.55. The molecule has 1 aliphatic heterocycles. The first-order chi connectivity index (χ1) is 8.79.